The van der Waals surface area contributed by atoms with Crippen LogP contribution in [-0.2, 0) is 14.6 Å². The monoisotopic (exact) mass is 300 g/mol. The van der Waals surface area contributed by atoms with Gasteiger partial charge in [0.05, 0.1) is 6.04 Å². The van der Waals surface area contributed by atoms with E-state index < -0.39 is 15.7 Å². The summed E-state index contributed by atoms with van der Waals surface area (Å²) in [5, 5.41) is 5.81. The minimum atomic E-state index is -3.57. The Morgan fingerprint density at radius 1 is 1.45 bits per heavy atom. The Hall–Kier alpha value is -1.47. The molecular weight excluding hydrogens is 283 g/mol. The van der Waals surface area contributed by atoms with Crippen LogP contribution in [0, 0.1) is 5.82 Å². The van der Waals surface area contributed by atoms with E-state index in [9.17, 15) is 17.6 Å². The lowest BCUT2D eigenvalue weighted by molar-refractivity contribution is -0.121. The van der Waals surface area contributed by atoms with Gasteiger partial charge < -0.3 is 5.32 Å². The molecule has 1 aromatic rings. The molecule has 1 saturated heterocycles. The van der Waals surface area contributed by atoms with Crippen molar-refractivity contribution in [2.75, 3.05) is 12.8 Å². The van der Waals surface area contributed by atoms with Gasteiger partial charge in [0.2, 0.25) is 5.91 Å². The van der Waals surface area contributed by atoms with Crippen molar-refractivity contribution in [2.45, 2.75) is 30.3 Å². The molecule has 7 heteroatoms. The zero-order valence-electron chi connectivity index (χ0n) is 11.3. The fraction of sp³-hybridized carbons (Fsp3) is 0.462. The van der Waals surface area contributed by atoms with E-state index in [1.165, 1.54) is 12.1 Å². The molecule has 2 atom stereocenters. The molecule has 1 amide bonds. The summed E-state index contributed by atoms with van der Waals surface area (Å²) in [5.41, 5.74) is 0.606. The maximum Gasteiger partial charge on any atom is 0.237 e. The van der Waals surface area contributed by atoms with Crippen LogP contribution in [0.5, 0.6) is 0 Å². The summed E-state index contributed by atoms with van der Waals surface area (Å²) >= 11 is 0. The Balaban J connectivity index is 2.17. The average molecular weight is 300 g/mol. The Bertz CT molecular complexity index is 631. The number of sulfone groups is 1. The predicted molar refractivity (Wildman–Crippen MR) is 72.5 cm³/mol. The zero-order chi connectivity index (χ0) is 14.9. The fourth-order valence-electron chi connectivity index (χ4n) is 2.24. The molecule has 2 N–H and O–H groups in total. The van der Waals surface area contributed by atoms with Crippen molar-refractivity contribution in [1.29, 1.82) is 0 Å². The van der Waals surface area contributed by atoms with Crippen LogP contribution in [0.4, 0.5) is 4.39 Å². The van der Waals surface area contributed by atoms with Crippen LogP contribution in [0.3, 0.4) is 0 Å². The average Bonchev–Trinajstić information content (AvgIpc) is 2.73. The highest BCUT2D eigenvalue weighted by atomic mass is 32.2. The van der Waals surface area contributed by atoms with Crippen molar-refractivity contribution in [2.24, 2.45) is 0 Å². The van der Waals surface area contributed by atoms with E-state index in [4.69, 9.17) is 0 Å². The lowest BCUT2D eigenvalue weighted by Crippen LogP contribution is -2.37. The summed E-state index contributed by atoms with van der Waals surface area (Å²) in [6.45, 7) is 2.44. The van der Waals surface area contributed by atoms with Gasteiger partial charge in [0, 0.05) is 18.8 Å². The Morgan fingerprint density at radius 2 is 2.15 bits per heavy atom. The summed E-state index contributed by atoms with van der Waals surface area (Å²) < 4.78 is 36.5. The van der Waals surface area contributed by atoms with E-state index >= 15 is 0 Å². The van der Waals surface area contributed by atoms with Crippen LogP contribution in [0.25, 0.3) is 0 Å². The Labute approximate surface area is 117 Å². The summed E-state index contributed by atoms with van der Waals surface area (Å²) in [4.78, 5) is 11.2. The molecule has 5 nitrogen and oxygen atoms in total. The van der Waals surface area contributed by atoms with Crippen molar-refractivity contribution in [3.63, 3.8) is 0 Å². The van der Waals surface area contributed by atoms with Gasteiger partial charge in [-0.2, -0.15) is 0 Å². The third kappa shape index (κ3) is 3.16. The first-order valence-corrected chi connectivity index (χ1v) is 8.21. The minimum Gasteiger partial charge on any atom is -0.355 e. The summed E-state index contributed by atoms with van der Waals surface area (Å²) in [5.74, 6) is -0.834. The highest BCUT2D eigenvalue weighted by molar-refractivity contribution is 7.90. The second-order valence-corrected chi connectivity index (χ2v) is 6.97. The SMILES string of the molecule is CC(NC1CCNC1=O)c1ccc(S(C)(=O)=O)c(F)c1. The molecule has 2 unspecified atom stereocenters. The molecule has 0 bridgehead atoms. The number of amides is 1. The van der Waals surface area contributed by atoms with Crippen LogP contribution in [0.1, 0.15) is 24.9 Å². The van der Waals surface area contributed by atoms with Crippen molar-refractivity contribution >= 4 is 15.7 Å². The van der Waals surface area contributed by atoms with Gasteiger partial charge in [-0.3, -0.25) is 10.1 Å². The van der Waals surface area contributed by atoms with Crippen LogP contribution >= 0.6 is 0 Å². The van der Waals surface area contributed by atoms with Gasteiger partial charge in [0.1, 0.15) is 10.7 Å². The largest absolute Gasteiger partial charge is 0.355 e. The van der Waals surface area contributed by atoms with Crippen LogP contribution < -0.4 is 10.6 Å². The van der Waals surface area contributed by atoms with E-state index in [0.717, 1.165) is 6.26 Å². The summed E-state index contributed by atoms with van der Waals surface area (Å²) in [6.07, 6.45) is 1.66. The lowest BCUT2D eigenvalue weighted by Gasteiger charge is -2.18. The van der Waals surface area contributed by atoms with Crippen LogP contribution in [0.2, 0.25) is 0 Å². The van der Waals surface area contributed by atoms with E-state index in [-0.39, 0.29) is 22.9 Å². The zero-order valence-corrected chi connectivity index (χ0v) is 12.1. The van der Waals surface area contributed by atoms with E-state index in [1.807, 2.05) is 0 Å². The first-order chi connectivity index (χ1) is 9.29. The van der Waals surface area contributed by atoms with Crippen molar-refractivity contribution < 1.29 is 17.6 Å². The number of rotatable bonds is 4. The molecule has 1 fully saturated rings. The van der Waals surface area contributed by atoms with Gasteiger partial charge in [0.15, 0.2) is 9.84 Å². The number of benzene rings is 1. The van der Waals surface area contributed by atoms with Gasteiger partial charge in [-0.15, -0.1) is 0 Å². The fourth-order valence-corrected chi connectivity index (χ4v) is 2.97. The molecule has 110 valence electrons. The molecule has 0 spiro atoms. The van der Waals surface area contributed by atoms with Crippen LogP contribution in [0.15, 0.2) is 23.1 Å². The van der Waals surface area contributed by atoms with Gasteiger partial charge in [-0.25, -0.2) is 12.8 Å². The number of carbonyl (C=O) groups is 1. The normalized spacial score (nSPS) is 20.8. The molecule has 0 saturated carbocycles. The molecule has 0 aromatic heterocycles. The summed E-state index contributed by atoms with van der Waals surface area (Å²) in [7, 11) is -3.57. The van der Waals surface area contributed by atoms with Gasteiger partial charge in [0.25, 0.3) is 0 Å². The highest BCUT2D eigenvalue weighted by Gasteiger charge is 2.26. The quantitative estimate of drug-likeness (QED) is 0.861. The van der Waals surface area contributed by atoms with Crippen molar-refractivity contribution in [1.82, 2.24) is 10.6 Å². The van der Waals surface area contributed by atoms with Gasteiger partial charge in [-0.05, 0) is 31.0 Å². The number of nitrogens with one attached hydrogen (secondary N) is 2. The molecule has 1 aliphatic rings. The predicted octanol–water partition coefficient (Wildman–Crippen LogP) is 0.768. The van der Waals surface area contributed by atoms with E-state index in [2.05, 4.69) is 10.6 Å². The molecule has 0 aliphatic carbocycles. The molecule has 1 heterocycles. The molecule has 2 rings (SSSR count). The second kappa shape index (κ2) is 5.49. The number of halogens is 1. The standard InChI is InChI=1S/C13H17FN2O3S/c1-8(16-11-5-6-15-13(11)17)9-3-4-12(10(14)7-9)20(2,18)19/h3-4,7-8,11,16H,5-6H2,1-2H3,(H,15,17). The number of carbonyl (C=O) groups excluding carboxylic acids is 1. The molecule has 0 radical (unpaired) electrons. The van der Waals surface area contributed by atoms with E-state index in [0.29, 0.717) is 18.5 Å². The van der Waals surface area contributed by atoms with Crippen LogP contribution in [-0.4, -0.2) is 33.2 Å². The molecule has 1 aromatic carbocycles. The maximum absolute atomic E-state index is 13.8. The second-order valence-electron chi connectivity index (χ2n) is 4.98. The summed E-state index contributed by atoms with van der Waals surface area (Å²) in [6, 6.07) is 3.48. The third-order valence-corrected chi connectivity index (χ3v) is 4.49. The Kier molecular flexibility index (Phi) is 4.10. The third-order valence-electron chi connectivity index (χ3n) is 3.36. The first kappa shape index (κ1) is 14.9. The topological polar surface area (TPSA) is 75.3 Å². The molecule has 1 aliphatic heterocycles. The Morgan fingerprint density at radius 3 is 2.65 bits per heavy atom. The van der Waals surface area contributed by atoms with Crippen molar-refractivity contribution in [3.05, 3.63) is 29.6 Å². The number of hydrogen-bond donors (Lipinski definition) is 2. The van der Waals surface area contributed by atoms with Gasteiger partial charge in [-0.1, -0.05) is 6.07 Å². The minimum absolute atomic E-state index is 0.0647. The lowest BCUT2D eigenvalue weighted by atomic mass is 10.1. The molecular formula is C13H17FN2O3S. The molecule has 20 heavy (non-hydrogen) atoms. The number of hydrogen-bond acceptors (Lipinski definition) is 4. The van der Waals surface area contributed by atoms with Crippen molar-refractivity contribution in [3.8, 4) is 0 Å². The smallest absolute Gasteiger partial charge is 0.237 e. The van der Waals surface area contributed by atoms with Gasteiger partial charge >= 0.3 is 0 Å². The first-order valence-electron chi connectivity index (χ1n) is 6.32. The maximum atomic E-state index is 13.8. The highest BCUT2D eigenvalue weighted by Crippen LogP contribution is 2.21. The van der Waals surface area contributed by atoms with E-state index in [1.54, 1.807) is 13.0 Å².